The van der Waals surface area contributed by atoms with Crippen molar-refractivity contribution in [2.24, 2.45) is 5.73 Å². The van der Waals surface area contributed by atoms with Gasteiger partial charge in [-0.3, -0.25) is 14.2 Å². The Morgan fingerprint density at radius 1 is 0.943 bits per heavy atom. The molecule has 0 unspecified atom stereocenters. The van der Waals surface area contributed by atoms with Crippen molar-refractivity contribution >= 4 is 29.3 Å². The number of hydrogen-bond donors (Lipinski definition) is 2. The van der Waals surface area contributed by atoms with Gasteiger partial charge in [0.05, 0.1) is 31.2 Å². The molecule has 0 spiro atoms. The van der Waals surface area contributed by atoms with Gasteiger partial charge in [-0.25, -0.2) is 0 Å². The van der Waals surface area contributed by atoms with Gasteiger partial charge >= 0.3 is 0 Å². The standard InChI is InChI=1S/C25H23N5O4S/c1-33-19-13-11-18(12-14-19)30-24(20-5-3-4-6-21(20)34-2)28-29-25(30)35-15-22(31)27-17-9-7-16(8-10-17)23(26)32/h3-14H,15H2,1-2H3,(H2,26,32)(H,27,31). The predicted molar refractivity (Wildman–Crippen MR) is 134 cm³/mol. The van der Waals surface area contributed by atoms with E-state index in [2.05, 4.69) is 15.5 Å². The van der Waals surface area contributed by atoms with E-state index in [9.17, 15) is 9.59 Å². The number of ether oxygens (including phenoxy) is 2. The summed E-state index contributed by atoms with van der Waals surface area (Å²) in [6.45, 7) is 0. The zero-order chi connectivity index (χ0) is 24.8. The van der Waals surface area contributed by atoms with Crippen molar-refractivity contribution in [3.63, 3.8) is 0 Å². The topological polar surface area (TPSA) is 121 Å². The molecule has 4 rings (SSSR count). The van der Waals surface area contributed by atoms with E-state index in [0.717, 1.165) is 17.0 Å². The van der Waals surface area contributed by atoms with Crippen molar-refractivity contribution in [2.45, 2.75) is 5.16 Å². The van der Waals surface area contributed by atoms with Crippen LogP contribution in [0.2, 0.25) is 0 Å². The number of thioether (sulfide) groups is 1. The summed E-state index contributed by atoms with van der Waals surface area (Å²) in [6, 6.07) is 21.4. The van der Waals surface area contributed by atoms with E-state index < -0.39 is 5.91 Å². The van der Waals surface area contributed by atoms with Crippen LogP contribution in [0.1, 0.15) is 10.4 Å². The molecule has 3 N–H and O–H groups in total. The Labute approximate surface area is 206 Å². The molecule has 0 saturated heterocycles. The minimum absolute atomic E-state index is 0.0950. The average molecular weight is 490 g/mol. The van der Waals surface area contributed by atoms with Gasteiger partial charge in [-0.15, -0.1) is 10.2 Å². The molecule has 0 atom stereocenters. The highest BCUT2D eigenvalue weighted by atomic mass is 32.2. The van der Waals surface area contributed by atoms with Crippen LogP contribution in [0.5, 0.6) is 11.5 Å². The molecule has 0 aliphatic carbocycles. The molecular weight excluding hydrogens is 466 g/mol. The Hall–Kier alpha value is -4.31. The second-order valence-corrected chi connectivity index (χ2v) is 8.26. The number of nitrogens with zero attached hydrogens (tertiary/aromatic N) is 3. The van der Waals surface area contributed by atoms with E-state index in [4.69, 9.17) is 15.2 Å². The number of para-hydroxylation sites is 1. The van der Waals surface area contributed by atoms with Gasteiger partial charge in [0.1, 0.15) is 11.5 Å². The van der Waals surface area contributed by atoms with E-state index in [1.165, 1.54) is 11.8 Å². The number of nitrogens with two attached hydrogens (primary N) is 1. The van der Waals surface area contributed by atoms with Crippen LogP contribution in [0.25, 0.3) is 17.1 Å². The molecule has 0 radical (unpaired) electrons. The Morgan fingerprint density at radius 3 is 2.31 bits per heavy atom. The number of anilines is 1. The summed E-state index contributed by atoms with van der Waals surface area (Å²) in [5.41, 5.74) is 7.76. The first-order valence-electron chi connectivity index (χ1n) is 10.6. The molecule has 9 nitrogen and oxygen atoms in total. The highest BCUT2D eigenvalue weighted by molar-refractivity contribution is 7.99. The summed E-state index contributed by atoms with van der Waals surface area (Å²) < 4.78 is 12.7. The number of primary amides is 1. The predicted octanol–water partition coefficient (Wildman–Crippen LogP) is 3.78. The number of aromatic nitrogens is 3. The summed E-state index contributed by atoms with van der Waals surface area (Å²) >= 11 is 1.25. The molecule has 0 saturated carbocycles. The molecule has 3 aromatic carbocycles. The van der Waals surface area contributed by atoms with Gasteiger partial charge in [0, 0.05) is 11.3 Å². The molecule has 1 heterocycles. The summed E-state index contributed by atoms with van der Waals surface area (Å²) in [5, 5.41) is 12.1. The largest absolute Gasteiger partial charge is 0.497 e. The van der Waals surface area contributed by atoms with Crippen molar-refractivity contribution in [3.05, 3.63) is 78.4 Å². The van der Waals surface area contributed by atoms with Gasteiger partial charge < -0.3 is 20.5 Å². The summed E-state index contributed by atoms with van der Waals surface area (Å²) in [6.07, 6.45) is 0. The maximum Gasteiger partial charge on any atom is 0.248 e. The maximum atomic E-state index is 12.6. The third kappa shape index (κ3) is 5.44. The fourth-order valence-electron chi connectivity index (χ4n) is 3.38. The molecule has 4 aromatic rings. The smallest absolute Gasteiger partial charge is 0.248 e. The van der Waals surface area contributed by atoms with Crippen LogP contribution in [-0.4, -0.2) is 46.6 Å². The zero-order valence-electron chi connectivity index (χ0n) is 19.1. The van der Waals surface area contributed by atoms with E-state index in [0.29, 0.717) is 28.0 Å². The fourth-order valence-corrected chi connectivity index (χ4v) is 4.13. The Balaban J connectivity index is 1.60. The number of nitrogens with one attached hydrogen (secondary N) is 1. The zero-order valence-corrected chi connectivity index (χ0v) is 19.9. The van der Waals surface area contributed by atoms with Gasteiger partial charge in [-0.1, -0.05) is 23.9 Å². The van der Waals surface area contributed by atoms with E-state index >= 15 is 0 Å². The third-order valence-corrected chi connectivity index (χ3v) is 6.03. The molecule has 1 aromatic heterocycles. The molecule has 10 heteroatoms. The van der Waals surface area contributed by atoms with Gasteiger partial charge in [-0.2, -0.15) is 0 Å². The first-order valence-corrected chi connectivity index (χ1v) is 11.5. The van der Waals surface area contributed by atoms with Crippen molar-refractivity contribution in [2.75, 3.05) is 25.3 Å². The second kappa shape index (κ2) is 10.7. The summed E-state index contributed by atoms with van der Waals surface area (Å²) in [4.78, 5) is 23.8. The van der Waals surface area contributed by atoms with Crippen LogP contribution in [0.4, 0.5) is 5.69 Å². The molecule has 2 amide bonds. The molecule has 0 fully saturated rings. The van der Waals surface area contributed by atoms with Crippen LogP contribution in [0.3, 0.4) is 0 Å². The lowest BCUT2D eigenvalue weighted by Crippen LogP contribution is -2.15. The number of methoxy groups -OCH3 is 2. The molecule has 0 bridgehead atoms. The number of amides is 2. The van der Waals surface area contributed by atoms with Crippen LogP contribution >= 0.6 is 11.8 Å². The van der Waals surface area contributed by atoms with E-state index in [1.807, 2.05) is 53.1 Å². The average Bonchev–Trinajstić information content (AvgIpc) is 3.31. The van der Waals surface area contributed by atoms with Crippen LogP contribution in [0, 0.1) is 0 Å². The maximum absolute atomic E-state index is 12.6. The Kier molecular flexibility index (Phi) is 7.32. The monoisotopic (exact) mass is 489 g/mol. The second-order valence-electron chi connectivity index (χ2n) is 7.32. The highest BCUT2D eigenvalue weighted by Crippen LogP contribution is 2.33. The molecular formula is C25H23N5O4S. The normalized spacial score (nSPS) is 10.6. The molecule has 0 aliphatic heterocycles. The number of carbonyl (C=O) groups is 2. The van der Waals surface area contributed by atoms with E-state index in [1.54, 1.807) is 38.5 Å². The SMILES string of the molecule is COc1ccc(-n2c(SCC(=O)Nc3ccc(C(N)=O)cc3)nnc2-c2ccccc2OC)cc1. The van der Waals surface area contributed by atoms with Crippen molar-refractivity contribution in [1.82, 2.24) is 14.8 Å². The number of rotatable bonds is 9. The van der Waals surface area contributed by atoms with Gasteiger partial charge in [0.2, 0.25) is 11.8 Å². The minimum atomic E-state index is -0.526. The lowest BCUT2D eigenvalue weighted by molar-refractivity contribution is -0.113. The lowest BCUT2D eigenvalue weighted by Gasteiger charge is -2.13. The van der Waals surface area contributed by atoms with Crippen molar-refractivity contribution < 1.29 is 19.1 Å². The minimum Gasteiger partial charge on any atom is -0.497 e. The van der Waals surface area contributed by atoms with Crippen LogP contribution in [0.15, 0.2) is 78.0 Å². The Bertz CT molecular complexity index is 1340. The van der Waals surface area contributed by atoms with Gasteiger partial charge in [0.25, 0.3) is 0 Å². The summed E-state index contributed by atoms with van der Waals surface area (Å²) in [7, 11) is 3.21. The fraction of sp³-hybridized carbons (Fsp3) is 0.120. The van der Waals surface area contributed by atoms with Crippen LogP contribution < -0.4 is 20.5 Å². The molecule has 35 heavy (non-hydrogen) atoms. The van der Waals surface area contributed by atoms with Gasteiger partial charge in [-0.05, 0) is 60.7 Å². The molecule has 0 aliphatic rings. The quantitative estimate of drug-likeness (QED) is 0.343. The van der Waals surface area contributed by atoms with Crippen LogP contribution in [-0.2, 0) is 4.79 Å². The first kappa shape index (κ1) is 23.8. The molecule has 178 valence electrons. The van der Waals surface area contributed by atoms with Crippen molar-refractivity contribution in [1.29, 1.82) is 0 Å². The van der Waals surface area contributed by atoms with Crippen molar-refractivity contribution in [3.8, 4) is 28.6 Å². The first-order chi connectivity index (χ1) is 17.0. The highest BCUT2D eigenvalue weighted by Gasteiger charge is 2.20. The third-order valence-electron chi connectivity index (χ3n) is 5.10. The Morgan fingerprint density at radius 2 is 1.66 bits per heavy atom. The number of benzene rings is 3. The van der Waals surface area contributed by atoms with Gasteiger partial charge in [0.15, 0.2) is 11.0 Å². The summed E-state index contributed by atoms with van der Waals surface area (Å²) in [5.74, 6) is 1.29. The van der Waals surface area contributed by atoms with E-state index in [-0.39, 0.29) is 11.7 Å². The number of hydrogen-bond acceptors (Lipinski definition) is 7. The number of carbonyl (C=O) groups excluding carboxylic acids is 2. The lowest BCUT2D eigenvalue weighted by atomic mass is 10.2.